The van der Waals surface area contributed by atoms with Crippen molar-refractivity contribution in [3.05, 3.63) is 0 Å². The van der Waals surface area contributed by atoms with Gasteiger partial charge in [0.2, 0.25) is 0 Å². The van der Waals surface area contributed by atoms with Gasteiger partial charge in [-0.3, -0.25) is 28.8 Å². The van der Waals surface area contributed by atoms with E-state index in [0.29, 0.717) is 70.7 Å². The summed E-state index contributed by atoms with van der Waals surface area (Å²) in [7, 11) is 0. The van der Waals surface area contributed by atoms with Crippen LogP contribution >= 0.6 is 0 Å². The van der Waals surface area contributed by atoms with E-state index in [1.807, 2.05) is 48.5 Å². The van der Waals surface area contributed by atoms with E-state index in [0.717, 1.165) is 6.42 Å². The number of hydrogen-bond donors (Lipinski definition) is 3. The Morgan fingerprint density at radius 2 is 1.14 bits per heavy atom. The Morgan fingerprint density at radius 3 is 1.30 bits per heavy atom. The first kappa shape index (κ1) is 50.2. The van der Waals surface area contributed by atoms with E-state index in [-0.39, 0.29) is 78.4 Å². The molecule has 7 aliphatic heterocycles. The van der Waals surface area contributed by atoms with Gasteiger partial charge in [0.05, 0.1) is 82.3 Å². The average Bonchev–Trinajstić information content (AvgIpc) is 3.93. The standard InChI is InChI=1S/C7H12O2.C6H10O3.C6H10O2.2C5H8O3.2C5H8O2/c1-5-6(8)9-4-7(5,2)3;1-6(8)2-3-9-5(7)4-6;1-4-3-8-6(7)5(4)2;1-5(7)2-4(6)8-3-5;1-5(7)2-3-8-4(5)6;1-4-2-5(6)7-3-4;1-4-2-3-7-5(4)6/h5H,4H2,1-3H3;8H,2-4H2,1H3;4-5H,3H2,1-2H3;2*7H,2-3H2,1H3;2*4H,2-3H2,1H3. The van der Waals surface area contributed by atoms with E-state index < -0.39 is 22.8 Å². The summed E-state index contributed by atoms with van der Waals surface area (Å²) in [5.41, 5.74) is -2.89. The fourth-order valence-corrected chi connectivity index (χ4v) is 4.87. The Kier molecular flexibility index (Phi) is 19.9. The smallest absolute Gasteiger partial charge is 0.337 e. The molecule has 0 aromatic heterocycles. The zero-order valence-corrected chi connectivity index (χ0v) is 34.6. The van der Waals surface area contributed by atoms with Crippen molar-refractivity contribution in [2.75, 3.05) is 46.2 Å². The van der Waals surface area contributed by atoms with Crippen molar-refractivity contribution in [2.24, 2.45) is 35.0 Å². The largest absolute Gasteiger partial charge is 0.465 e. The third kappa shape index (κ3) is 18.9. The molecule has 0 spiro atoms. The summed E-state index contributed by atoms with van der Waals surface area (Å²) in [4.78, 5) is 73.1. The Balaban J connectivity index is 0.000000327. The maximum Gasteiger partial charge on any atom is 0.337 e. The zero-order chi connectivity index (χ0) is 43.1. The number of esters is 7. The number of carbonyl (C=O) groups is 7. The molecule has 3 N–H and O–H groups in total. The molecule has 7 heterocycles. The van der Waals surface area contributed by atoms with Gasteiger partial charge < -0.3 is 48.5 Å². The molecule has 0 bridgehead atoms. The summed E-state index contributed by atoms with van der Waals surface area (Å²) in [6, 6.07) is 0. The summed E-state index contributed by atoms with van der Waals surface area (Å²) in [6.45, 7) is 21.8. The van der Waals surface area contributed by atoms with Crippen molar-refractivity contribution >= 4 is 41.8 Å². The molecular formula is C39H64O17. The quantitative estimate of drug-likeness (QED) is 0.235. The molecule has 0 saturated carbocycles. The third-order valence-corrected chi connectivity index (χ3v) is 9.83. The predicted molar refractivity (Wildman–Crippen MR) is 196 cm³/mol. The fourth-order valence-electron chi connectivity index (χ4n) is 4.87. The van der Waals surface area contributed by atoms with Crippen molar-refractivity contribution < 1.29 is 82.0 Å². The van der Waals surface area contributed by atoms with E-state index in [4.69, 9.17) is 19.7 Å². The summed E-state index contributed by atoms with van der Waals surface area (Å²) < 4.78 is 32.4. The molecule has 322 valence electrons. The van der Waals surface area contributed by atoms with Gasteiger partial charge in [0.25, 0.3) is 0 Å². The third-order valence-electron chi connectivity index (χ3n) is 9.83. The zero-order valence-electron chi connectivity index (χ0n) is 34.6. The molecule has 7 aliphatic rings. The van der Waals surface area contributed by atoms with Crippen LogP contribution in [0.5, 0.6) is 0 Å². The molecule has 7 rings (SSSR count). The molecule has 7 saturated heterocycles. The van der Waals surface area contributed by atoms with Crippen molar-refractivity contribution in [1.82, 2.24) is 0 Å². The van der Waals surface area contributed by atoms with Gasteiger partial charge in [-0.15, -0.1) is 0 Å². The predicted octanol–water partition coefficient (Wildman–Crippen LogP) is 2.60. The van der Waals surface area contributed by atoms with E-state index in [1.54, 1.807) is 13.8 Å². The van der Waals surface area contributed by atoms with Crippen molar-refractivity contribution in [1.29, 1.82) is 0 Å². The van der Waals surface area contributed by atoms with E-state index >= 15 is 0 Å². The molecule has 8 unspecified atom stereocenters. The SMILES string of the molecule is CC1(O)CCOC(=O)C1.CC1(O)CCOC1=O.CC1(O)COC(=O)C1.CC1C(=O)OCC1(C)C.CC1CCOC1=O.CC1COC(=O)C1.CC1COC(=O)C1C. The lowest BCUT2D eigenvalue weighted by atomic mass is 9.83. The number of carbonyl (C=O) groups excluding carboxylic acids is 7. The molecule has 17 nitrogen and oxygen atoms in total. The van der Waals surface area contributed by atoms with Crippen LogP contribution in [-0.2, 0) is 66.7 Å². The molecule has 8 atom stereocenters. The summed E-state index contributed by atoms with van der Waals surface area (Å²) in [5, 5.41) is 27.3. The van der Waals surface area contributed by atoms with Crippen LogP contribution in [0.4, 0.5) is 0 Å². The Bertz CT molecular complexity index is 1350. The van der Waals surface area contributed by atoms with Gasteiger partial charge in [0.15, 0.2) is 5.60 Å². The molecule has 0 radical (unpaired) electrons. The lowest BCUT2D eigenvalue weighted by Gasteiger charge is -2.26. The van der Waals surface area contributed by atoms with Crippen molar-refractivity contribution in [3.63, 3.8) is 0 Å². The second-order valence-corrected chi connectivity index (χ2v) is 16.7. The van der Waals surface area contributed by atoms with Crippen LogP contribution in [0, 0.1) is 35.0 Å². The highest BCUT2D eigenvalue weighted by molar-refractivity contribution is 5.80. The first-order valence-corrected chi connectivity index (χ1v) is 19.0. The molecule has 56 heavy (non-hydrogen) atoms. The van der Waals surface area contributed by atoms with Crippen LogP contribution < -0.4 is 0 Å². The van der Waals surface area contributed by atoms with E-state index in [9.17, 15) is 38.7 Å². The number of rotatable bonds is 0. The van der Waals surface area contributed by atoms with Gasteiger partial charge in [-0.1, -0.05) is 48.5 Å². The highest BCUT2D eigenvalue weighted by Crippen LogP contribution is 2.33. The summed E-state index contributed by atoms with van der Waals surface area (Å²) >= 11 is 0. The van der Waals surface area contributed by atoms with E-state index in [1.165, 1.54) is 6.92 Å². The van der Waals surface area contributed by atoms with Crippen LogP contribution in [0.1, 0.15) is 108 Å². The lowest BCUT2D eigenvalue weighted by molar-refractivity contribution is -0.158. The van der Waals surface area contributed by atoms with Crippen molar-refractivity contribution in [3.8, 4) is 0 Å². The van der Waals surface area contributed by atoms with Gasteiger partial charge >= 0.3 is 41.8 Å². The minimum atomic E-state index is -1.21. The van der Waals surface area contributed by atoms with Gasteiger partial charge in [-0.25, -0.2) is 4.79 Å². The average molecular weight is 805 g/mol. The summed E-state index contributed by atoms with van der Waals surface area (Å²) in [5.74, 6) is -0.0914. The monoisotopic (exact) mass is 804 g/mol. The second kappa shape index (κ2) is 22.2. The molecule has 0 amide bonds. The van der Waals surface area contributed by atoms with Crippen LogP contribution in [0.15, 0.2) is 0 Å². The molecule has 0 aromatic carbocycles. The maximum absolute atomic E-state index is 10.8. The van der Waals surface area contributed by atoms with Gasteiger partial charge in [-0.05, 0) is 27.2 Å². The minimum Gasteiger partial charge on any atom is -0.465 e. The van der Waals surface area contributed by atoms with Gasteiger partial charge in [0, 0.05) is 30.1 Å². The summed E-state index contributed by atoms with van der Waals surface area (Å²) in [6.07, 6.45) is 2.75. The lowest BCUT2D eigenvalue weighted by Crippen LogP contribution is -2.35. The fraction of sp³-hybridized carbons (Fsp3) is 0.821. The Morgan fingerprint density at radius 1 is 0.554 bits per heavy atom. The molecule has 0 aromatic rings. The number of ether oxygens (including phenoxy) is 7. The Hall–Kier alpha value is -3.83. The van der Waals surface area contributed by atoms with Crippen LogP contribution in [0.3, 0.4) is 0 Å². The van der Waals surface area contributed by atoms with Gasteiger partial charge in [0.1, 0.15) is 12.2 Å². The number of cyclic esters (lactones) is 7. The number of hydrogen-bond acceptors (Lipinski definition) is 17. The van der Waals surface area contributed by atoms with Gasteiger partial charge in [-0.2, -0.15) is 0 Å². The first-order chi connectivity index (χ1) is 25.7. The minimum absolute atomic E-state index is 0.0417. The van der Waals surface area contributed by atoms with Crippen molar-refractivity contribution in [2.45, 2.75) is 125 Å². The molecule has 17 heteroatoms. The normalized spacial score (nSPS) is 34.7. The van der Waals surface area contributed by atoms with Crippen LogP contribution in [0.2, 0.25) is 0 Å². The van der Waals surface area contributed by atoms with E-state index in [2.05, 4.69) is 23.7 Å². The van der Waals surface area contributed by atoms with Crippen LogP contribution in [-0.4, -0.2) is 120 Å². The molecular weight excluding hydrogens is 740 g/mol. The number of aliphatic hydroxyl groups is 3. The van der Waals surface area contributed by atoms with Crippen LogP contribution in [0.25, 0.3) is 0 Å². The topological polar surface area (TPSA) is 245 Å². The highest BCUT2D eigenvalue weighted by atomic mass is 16.6. The second-order valence-electron chi connectivity index (χ2n) is 16.7. The highest BCUT2D eigenvalue weighted by Gasteiger charge is 2.40. The first-order valence-electron chi connectivity index (χ1n) is 19.0. The molecule has 0 aliphatic carbocycles. The maximum atomic E-state index is 10.8. The molecule has 7 fully saturated rings. The Labute approximate surface area is 329 Å².